The Hall–Kier alpha value is -1.94. The van der Waals surface area contributed by atoms with Gasteiger partial charge in [0.05, 0.1) is 6.10 Å². The van der Waals surface area contributed by atoms with Gasteiger partial charge in [-0.25, -0.2) is 9.37 Å². The highest BCUT2D eigenvalue weighted by molar-refractivity contribution is 14.0. The Kier molecular flexibility index (Phi) is 10.1. The average molecular weight is 556 g/mol. The standard InChI is InChI=1S/C24H33FN4O2.HI/c1-24(2,3)22-18(6-5-13-30-22)16-29-23(26-4)28-15-17-7-12-21(27-14-17)31-20-10-8-19(25)9-11-20;/h7-12,14,18,22H,5-6,13,15-16H2,1-4H3,(H2,26,28,29);1H. The first-order valence-electron chi connectivity index (χ1n) is 10.8. The van der Waals surface area contributed by atoms with Gasteiger partial charge in [-0.15, -0.1) is 24.0 Å². The van der Waals surface area contributed by atoms with Crippen molar-refractivity contribution in [2.45, 2.75) is 46.3 Å². The molecule has 3 rings (SSSR count). The molecule has 1 aromatic heterocycles. The minimum Gasteiger partial charge on any atom is -0.439 e. The van der Waals surface area contributed by atoms with E-state index in [1.807, 2.05) is 6.07 Å². The molecule has 2 heterocycles. The summed E-state index contributed by atoms with van der Waals surface area (Å²) in [7, 11) is 1.77. The Bertz CT molecular complexity index is 854. The third-order valence-electron chi connectivity index (χ3n) is 5.35. The highest BCUT2D eigenvalue weighted by Gasteiger charge is 2.35. The lowest BCUT2D eigenvalue weighted by atomic mass is 9.78. The number of pyridine rings is 1. The first-order chi connectivity index (χ1) is 14.8. The second-order valence-electron chi connectivity index (χ2n) is 8.93. The molecule has 0 saturated carbocycles. The van der Waals surface area contributed by atoms with E-state index in [4.69, 9.17) is 9.47 Å². The van der Waals surface area contributed by atoms with E-state index in [0.717, 1.165) is 37.5 Å². The lowest BCUT2D eigenvalue weighted by Crippen LogP contribution is -2.47. The first-order valence-corrected chi connectivity index (χ1v) is 10.8. The molecule has 0 bridgehead atoms. The first kappa shape index (κ1) is 26.3. The minimum absolute atomic E-state index is 0. The van der Waals surface area contributed by atoms with Crippen LogP contribution in [0.3, 0.4) is 0 Å². The summed E-state index contributed by atoms with van der Waals surface area (Å²) in [5.41, 5.74) is 1.12. The monoisotopic (exact) mass is 556 g/mol. The van der Waals surface area contributed by atoms with Crippen LogP contribution in [0.4, 0.5) is 4.39 Å². The molecule has 0 spiro atoms. The molecule has 1 aliphatic rings. The Balaban J connectivity index is 0.00000363. The molecule has 0 amide bonds. The summed E-state index contributed by atoms with van der Waals surface area (Å²) in [5.74, 6) is 1.92. The smallest absolute Gasteiger partial charge is 0.219 e. The van der Waals surface area contributed by atoms with Crippen molar-refractivity contribution in [2.75, 3.05) is 20.2 Å². The molecule has 1 aromatic carbocycles. The van der Waals surface area contributed by atoms with Crippen molar-refractivity contribution in [2.24, 2.45) is 16.3 Å². The van der Waals surface area contributed by atoms with Gasteiger partial charge in [-0.05, 0) is 48.1 Å². The molecule has 8 heteroatoms. The van der Waals surface area contributed by atoms with Crippen molar-refractivity contribution in [1.29, 1.82) is 0 Å². The van der Waals surface area contributed by atoms with Gasteiger partial charge in [0.25, 0.3) is 0 Å². The van der Waals surface area contributed by atoms with Gasteiger partial charge in [0, 0.05) is 44.9 Å². The number of nitrogens with one attached hydrogen (secondary N) is 2. The summed E-state index contributed by atoms with van der Waals surface area (Å²) >= 11 is 0. The summed E-state index contributed by atoms with van der Waals surface area (Å²) in [6.07, 6.45) is 4.25. The SMILES string of the molecule is CN=C(NCc1ccc(Oc2ccc(F)cc2)nc1)NCC1CCCOC1C(C)(C)C.I. The fourth-order valence-electron chi connectivity index (χ4n) is 3.84. The van der Waals surface area contributed by atoms with Crippen LogP contribution in [-0.4, -0.2) is 37.2 Å². The van der Waals surface area contributed by atoms with Crippen molar-refractivity contribution in [3.63, 3.8) is 0 Å². The van der Waals surface area contributed by atoms with E-state index >= 15 is 0 Å². The van der Waals surface area contributed by atoms with Crippen molar-refractivity contribution >= 4 is 29.9 Å². The van der Waals surface area contributed by atoms with Crippen LogP contribution in [-0.2, 0) is 11.3 Å². The zero-order valence-corrected chi connectivity index (χ0v) is 21.6. The number of guanidine groups is 1. The summed E-state index contributed by atoms with van der Waals surface area (Å²) in [4.78, 5) is 8.66. The molecular formula is C24H34FIN4O2. The fraction of sp³-hybridized carbons (Fsp3) is 0.500. The van der Waals surface area contributed by atoms with Crippen molar-refractivity contribution < 1.29 is 13.9 Å². The van der Waals surface area contributed by atoms with Crippen LogP contribution in [0.5, 0.6) is 11.6 Å². The van der Waals surface area contributed by atoms with E-state index < -0.39 is 0 Å². The largest absolute Gasteiger partial charge is 0.439 e. The van der Waals surface area contributed by atoms with Crippen LogP contribution in [0.1, 0.15) is 39.2 Å². The van der Waals surface area contributed by atoms with Crippen LogP contribution < -0.4 is 15.4 Å². The van der Waals surface area contributed by atoms with E-state index in [1.54, 1.807) is 31.4 Å². The maximum atomic E-state index is 13.0. The Morgan fingerprint density at radius 1 is 1.19 bits per heavy atom. The predicted molar refractivity (Wildman–Crippen MR) is 136 cm³/mol. The maximum Gasteiger partial charge on any atom is 0.219 e. The second kappa shape index (κ2) is 12.3. The van der Waals surface area contributed by atoms with Crippen LogP contribution in [0.15, 0.2) is 47.6 Å². The molecule has 1 saturated heterocycles. The fourth-order valence-corrected chi connectivity index (χ4v) is 3.84. The van der Waals surface area contributed by atoms with Gasteiger partial charge >= 0.3 is 0 Å². The second-order valence-corrected chi connectivity index (χ2v) is 8.93. The van der Waals surface area contributed by atoms with Gasteiger partial charge in [-0.1, -0.05) is 26.8 Å². The molecule has 0 radical (unpaired) electrons. The van der Waals surface area contributed by atoms with Gasteiger partial charge < -0.3 is 20.1 Å². The average Bonchev–Trinajstić information content (AvgIpc) is 2.76. The maximum absolute atomic E-state index is 13.0. The summed E-state index contributed by atoms with van der Waals surface area (Å²) in [5, 5.41) is 6.77. The van der Waals surface area contributed by atoms with E-state index in [2.05, 4.69) is 41.4 Å². The minimum atomic E-state index is -0.298. The summed E-state index contributed by atoms with van der Waals surface area (Å²) in [6.45, 7) is 8.97. The number of benzene rings is 1. The third-order valence-corrected chi connectivity index (χ3v) is 5.35. The number of rotatable bonds is 6. The molecule has 2 N–H and O–H groups in total. The van der Waals surface area contributed by atoms with Gasteiger partial charge in [-0.2, -0.15) is 0 Å². The molecule has 2 atom stereocenters. The molecule has 0 aliphatic carbocycles. The van der Waals surface area contributed by atoms with Crippen LogP contribution in [0, 0.1) is 17.2 Å². The van der Waals surface area contributed by atoms with Crippen molar-refractivity contribution in [3.8, 4) is 11.6 Å². The van der Waals surface area contributed by atoms with Crippen molar-refractivity contribution in [1.82, 2.24) is 15.6 Å². The molecule has 2 aromatic rings. The van der Waals surface area contributed by atoms with Crippen LogP contribution in [0.25, 0.3) is 0 Å². The quantitative estimate of drug-likeness (QED) is 0.293. The Morgan fingerprint density at radius 2 is 1.94 bits per heavy atom. The number of halogens is 2. The zero-order valence-electron chi connectivity index (χ0n) is 19.2. The molecule has 176 valence electrons. The lowest BCUT2D eigenvalue weighted by molar-refractivity contribution is -0.0835. The van der Waals surface area contributed by atoms with E-state index in [9.17, 15) is 4.39 Å². The third kappa shape index (κ3) is 7.88. The molecular weight excluding hydrogens is 522 g/mol. The highest BCUT2D eigenvalue weighted by Crippen LogP contribution is 2.33. The number of aliphatic imine (C=N–C) groups is 1. The molecule has 1 fully saturated rings. The summed E-state index contributed by atoms with van der Waals surface area (Å²) in [6, 6.07) is 9.60. The number of hydrogen-bond acceptors (Lipinski definition) is 4. The highest BCUT2D eigenvalue weighted by atomic mass is 127. The zero-order chi connectivity index (χ0) is 22.3. The Morgan fingerprint density at radius 3 is 2.56 bits per heavy atom. The number of hydrogen-bond donors (Lipinski definition) is 2. The van der Waals surface area contributed by atoms with Gasteiger partial charge in [-0.3, -0.25) is 4.99 Å². The number of aromatic nitrogens is 1. The Labute approximate surface area is 207 Å². The number of ether oxygens (including phenoxy) is 2. The van der Waals surface area contributed by atoms with Gasteiger partial charge in [0.15, 0.2) is 5.96 Å². The topological polar surface area (TPSA) is 67.8 Å². The lowest BCUT2D eigenvalue weighted by Gasteiger charge is -2.40. The molecule has 1 aliphatic heterocycles. The van der Waals surface area contributed by atoms with E-state index in [0.29, 0.717) is 24.1 Å². The van der Waals surface area contributed by atoms with E-state index in [-0.39, 0.29) is 41.3 Å². The van der Waals surface area contributed by atoms with Crippen molar-refractivity contribution in [3.05, 3.63) is 54.0 Å². The number of nitrogens with zero attached hydrogens (tertiary/aromatic N) is 2. The van der Waals surface area contributed by atoms with Crippen LogP contribution in [0.2, 0.25) is 0 Å². The molecule has 6 nitrogen and oxygen atoms in total. The normalized spacial score (nSPS) is 19.1. The predicted octanol–water partition coefficient (Wildman–Crippen LogP) is 5.14. The summed E-state index contributed by atoms with van der Waals surface area (Å²) < 4.78 is 24.7. The van der Waals surface area contributed by atoms with Gasteiger partial charge in [0.1, 0.15) is 11.6 Å². The van der Waals surface area contributed by atoms with Gasteiger partial charge in [0.2, 0.25) is 5.88 Å². The molecule has 32 heavy (non-hydrogen) atoms. The van der Waals surface area contributed by atoms with E-state index in [1.165, 1.54) is 12.1 Å². The van der Waals surface area contributed by atoms with Crippen LogP contribution >= 0.6 is 24.0 Å². The molecule has 2 unspecified atom stereocenters.